The number of aryl methyl sites for hydroxylation is 1. The lowest BCUT2D eigenvalue weighted by Gasteiger charge is -1.95. The molecule has 0 aliphatic rings. The zero-order chi connectivity index (χ0) is 9.26. The van der Waals surface area contributed by atoms with Crippen LogP contribution < -0.4 is 0 Å². The van der Waals surface area contributed by atoms with E-state index >= 15 is 0 Å². The molecule has 0 bridgehead atoms. The summed E-state index contributed by atoms with van der Waals surface area (Å²) >= 11 is 6.65. The van der Waals surface area contributed by atoms with Crippen molar-refractivity contribution in [2.75, 3.05) is 0 Å². The molecule has 0 amide bonds. The van der Waals surface area contributed by atoms with E-state index in [0.717, 1.165) is 10.7 Å². The summed E-state index contributed by atoms with van der Waals surface area (Å²) < 4.78 is 2.49. The number of nitrogens with zero attached hydrogens (tertiary/aromatic N) is 3. The van der Waals surface area contributed by atoms with E-state index < -0.39 is 0 Å². The maximum Gasteiger partial charge on any atom is 0.195 e. The van der Waals surface area contributed by atoms with Crippen LogP contribution in [0.4, 0.5) is 0 Å². The summed E-state index contributed by atoms with van der Waals surface area (Å²) in [5, 5.41) is 9.61. The number of H-pyrrole nitrogens is 1. The van der Waals surface area contributed by atoms with Crippen LogP contribution in [0.3, 0.4) is 0 Å². The van der Waals surface area contributed by atoms with E-state index in [1.807, 2.05) is 16.9 Å². The van der Waals surface area contributed by atoms with Crippen molar-refractivity contribution in [3.05, 3.63) is 27.2 Å². The van der Waals surface area contributed by atoms with Gasteiger partial charge in [-0.15, -0.1) is 11.3 Å². The second-order valence-corrected chi connectivity index (χ2v) is 4.00. The highest BCUT2D eigenvalue weighted by Crippen LogP contribution is 2.09. The standard InChI is InChI=1S/C7H8N4S2/c1-5-3-13-6(9-5)2-11-4-8-10-7(11)12/h3-4H,2H2,1H3,(H,10,12). The molecule has 2 aromatic rings. The first-order valence-electron chi connectivity index (χ1n) is 3.76. The average molecular weight is 212 g/mol. The molecule has 0 aromatic carbocycles. The van der Waals surface area contributed by atoms with Gasteiger partial charge in [0.1, 0.15) is 11.3 Å². The molecule has 4 nitrogen and oxygen atoms in total. The molecule has 0 unspecified atom stereocenters. The Balaban J connectivity index is 2.24. The lowest BCUT2D eigenvalue weighted by atomic mass is 10.6. The second-order valence-electron chi connectivity index (χ2n) is 2.67. The van der Waals surface area contributed by atoms with Gasteiger partial charge >= 0.3 is 0 Å². The normalized spacial score (nSPS) is 10.5. The Kier molecular flexibility index (Phi) is 2.24. The van der Waals surface area contributed by atoms with Crippen molar-refractivity contribution in [3.63, 3.8) is 0 Å². The molecule has 0 saturated carbocycles. The predicted molar refractivity (Wildman–Crippen MR) is 53.4 cm³/mol. The molecular formula is C7H8N4S2. The Morgan fingerprint density at radius 2 is 2.54 bits per heavy atom. The lowest BCUT2D eigenvalue weighted by molar-refractivity contribution is 0.773. The van der Waals surface area contributed by atoms with Crippen LogP contribution in [0.1, 0.15) is 10.7 Å². The largest absolute Gasteiger partial charge is 0.300 e. The topological polar surface area (TPSA) is 46.5 Å². The minimum absolute atomic E-state index is 0.632. The van der Waals surface area contributed by atoms with Gasteiger partial charge in [-0.2, -0.15) is 5.10 Å². The van der Waals surface area contributed by atoms with E-state index in [4.69, 9.17) is 12.2 Å². The highest BCUT2D eigenvalue weighted by Gasteiger charge is 2.00. The van der Waals surface area contributed by atoms with Crippen LogP contribution in [0.25, 0.3) is 0 Å². The smallest absolute Gasteiger partial charge is 0.195 e. The molecule has 68 valence electrons. The first kappa shape index (κ1) is 8.58. The Labute approximate surface area is 84.3 Å². The van der Waals surface area contributed by atoms with Gasteiger partial charge in [-0.1, -0.05) is 0 Å². The van der Waals surface area contributed by atoms with Gasteiger partial charge in [-0.3, -0.25) is 9.67 Å². The molecule has 0 aliphatic carbocycles. The van der Waals surface area contributed by atoms with Crippen molar-refractivity contribution in [1.82, 2.24) is 19.7 Å². The Bertz CT molecular complexity index is 453. The molecule has 0 spiro atoms. The molecule has 0 aliphatic heterocycles. The number of nitrogens with one attached hydrogen (secondary N) is 1. The van der Waals surface area contributed by atoms with E-state index in [0.29, 0.717) is 11.3 Å². The molecular weight excluding hydrogens is 204 g/mol. The van der Waals surface area contributed by atoms with Gasteiger partial charge in [-0.25, -0.2) is 4.98 Å². The molecule has 1 N–H and O–H groups in total. The summed E-state index contributed by atoms with van der Waals surface area (Å²) in [4.78, 5) is 4.34. The minimum atomic E-state index is 0.632. The number of hydrogen-bond donors (Lipinski definition) is 1. The molecule has 0 radical (unpaired) electrons. The van der Waals surface area contributed by atoms with E-state index in [-0.39, 0.29) is 0 Å². The quantitative estimate of drug-likeness (QED) is 0.771. The third-order valence-electron chi connectivity index (χ3n) is 1.59. The summed E-state index contributed by atoms with van der Waals surface area (Å²) in [6.45, 7) is 2.68. The van der Waals surface area contributed by atoms with Gasteiger partial charge in [-0.05, 0) is 19.1 Å². The van der Waals surface area contributed by atoms with Crippen LogP contribution in [0.5, 0.6) is 0 Å². The monoisotopic (exact) mass is 212 g/mol. The molecule has 6 heteroatoms. The number of rotatable bonds is 2. The molecule has 0 saturated heterocycles. The first-order chi connectivity index (χ1) is 6.25. The van der Waals surface area contributed by atoms with Crippen molar-refractivity contribution in [2.24, 2.45) is 0 Å². The van der Waals surface area contributed by atoms with Crippen LogP contribution in [0, 0.1) is 11.7 Å². The zero-order valence-corrected chi connectivity index (χ0v) is 8.65. The van der Waals surface area contributed by atoms with Crippen molar-refractivity contribution in [1.29, 1.82) is 0 Å². The highest BCUT2D eigenvalue weighted by molar-refractivity contribution is 7.71. The van der Waals surface area contributed by atoms with Crippen molar-refractivity contribution in [2.45, 2.75) is 13.5 Å². The summed E-state index contributed by atoms with van der Waals surface area (Å²) in [5.74, 6) is 0. The highest BCUT2D eigenvalue weighted by atomic mass is 32.1. The third-order valence-corrected chi connectivity index (χ3v) is 2.87. The van der Waals surface area contributed by atoms with Crippen LogP contribution in [-0.2, 0) is 6.54 Å². The molecule has 13 heavy (non-hydrogen) atoms. The molecule has 2 rings (SSSR count). The number of aromatic nitrogens is 4. The maximum absolute atomic E-state index is 5.01. The van der Waals surface area contributed by atoms with Crippen molar-refractivity contribution < 1.29 is 0 Å². The van der Waals surface area contributed by atoms with Crippen LogP contribution in [-0.4, -0.2) is 19.7 Å². The molecule has 2 aromatic heterocycles. The molecule has 0 atom stereocenters. The third kappa shape index (κ3) is 1.84. The zero-order valence-electron chi connectivity index (χ0n) is 7.02. The van der Waals surface area contributed by atoms with Gasteiger partial charge in [0.25, 0.3) is 0 Å². The van der Waals surface area contributed by atoms with Gasteiger partial charge < -0.3 is 0 Å². The van der Waals surface area contributed by atoms with Crippen LogP contribution in [0.15, 0.2) is 11.7 Å². The predicted octanol–water partition coefficient (Wildman–Crippen LogP) is 1.75. The number of aromatic amines is 1. The lowest BCUT2D eigenvalue weighted by Crippen LogP contribution is -1.97. The Hall–Kier alpha value is -1.01. The van der Waals surface area contributed by atoms with Crippen molar-refractivity contribution in [3.8, 4) is 0 Å². The Morgan fingerprint density at radius 1 is 1.69 bits per heavy atom. The number of thiazole rings is 1. The first-order valence-corrected chi connectivity index (χ1v) is 5.05. The summed E-state index contributed by atoms with van der Waals surface area (Å²) in [6, 6.07) is 0. The summed E-state index contributed by atoms with van der Waals surface area (Å²) in [5.41, 5.74) is 1.05. The van der Waals surface area contributed by atoms with E-state index in [1.54, 1.807) is 17.7 Å². The van der Waals surface area contributed by atoms with Crippen LogP contribution in [0.2, 0.25) is 0 Å². The van der Waals surface area contributed by atoms with Gasteiger partial charge in [0, 0.05) is 11.1 Å². The minimum Gasteiger partial charge on any atom is -0.300 e. The summed E-state index contributed by atoms with van der Waals surface area (Å²) in [6.07, 6.45) is 1.68. The maximum atomic E-state index is 5.01. The van der Waals surface area contributed by atoms with Crippen molar-refractivity contribution >= 4 is 23.6 Å². The SMILES string of the molecule is Cc1csc(Cn2cn[nH]c2=S)n1. The van der Waals surface area contributed by atoms with Gasteiger partial charge in [0.05, 0.1) is 6.54 Å². The van der Waals surface area contributed by atoms with E-state index in [2.05, 4.69) is 15.2 Å². The van der Waals surface area contributed by atoms with Crippen LogP contribution >= 0.6 is 23.6 Å². The average Bonchev–Trinajstić information content (AvgIpc) is 2.64. The fourth-order valence-corrected chi connectivity index (χ4v) is 1.94. The van der Waals surface area contributed by atoms with E-state index in [9.17, 15) is 0 Å². The van der Waals surface area contributed by atoms with Gasteiger partial charge in [0.2, 0.25) is 0 Å². The number of hydrogen-bond acceptors (Lipinski definition) is 4. The Morgan fingerprint density at radius 3 is 3.08 bits per heavy atom. The second kappa shape index (κ2) is 3.39. The van der Waals surface area contributed by atoms with Gasteiger partial charge in [0.15, 0.2) is 4.77 Å². The fraction of sp³-hybridized carbons (Fsp3) is 0.286. The van der Waals surface area contributed by atoms with E-state index in [1.165, 1.54) is 0 Å². The molecule has 2 heterocycles. The summed E-state index contributed by atoms with van der Waals surface area (Å²) in [7, 11) is 0. The fourth-order valence-electron chi connectivity index (χ4n) is 1.00. The molecule has 0 fully saturated rings.